The Balaban J connectivity index is 1.61. The lowest BCUT2D eigenvalue weighted by molar-refractivity contribution is -0.162. The van der Waals surface area contributed by atoms with Crippen LogP contribution < -0.4 is 4.90 Å². The monoisotopic (exact) mass is 344 g/mol. The van der Waals surface area contributed by atoms with Crippen molar-refractivity contribution in [2.24, 2.45) is 0 Å². The number of anilines is 1. The maximum absolute atomic E-state index is 9.84. The van der Waals surface area contributed by atoms with Crippen molar-refractivity contribution in [2.75, 3.05) is 24.7 Å². The molecule has 0 bridgehead atoms. The van der Waals surface area contributed by atoms with E-state index in [1.54, 1.807) is 0 Å². The van der Waals surface area contributed by atoms with E-state index >= 15 is 0 Å². The van der Waals surface area contributed by atoms with Crippen molar-refractivity contribution >= 4 is 5.69 Å². The lowest BCUT2D eigenvalue weighted by Gasteiger charge is -2.29. The number of nitrogens with zero attached hydrogens (tertiary/aromatic N) is 2. The van der Waals surface area contributed by atoms with E-state index in [4.69, 9.17) is 9.47 Å². The first-order valence-corrected chi connectivity index (χ1v) is 9.39. The van der Waals surface area contributed by atoms with Crippen molar-refractivity contribution in [1.82, 2.24) is 0 Å². The van der Waals surface area contributed by atoms with E-state index in [2.05, 4.69) is 17.0 Å². The Bertz CT molecular complexity index is 605. The number of para-hydroxylation sites is 1. The Morgan fingerprint density at radius 1 is 1.44 bits per heavy atom. The molecular weight excluding hydrogens is 316 g/mol. The Kier molecular flexibility index (Phi) is 6.30. The zero-order valence-electron chi connectivity index (χ0n) is 15.0. The van der Waals surface area contributed by atoms with Gasteiger partial charge >= 0.3 is 0 Å². The predicted octanol–water partition coefficient (Wildman–Crippen LogP) is 2.99. The number of ether oxygens (including phenoxy) is 2. The van der Waals surface area contributed by atoms with Gasteiger partial charge in [-0.25, -0.2) is 0 Å². The number of rotatable bonds is 7. The van der Waals surface area contributed by atoms with Gasteiger partial charge < -0.3 is 19.5 Å². The third-order valence-electron chi connectivity index (χ3n) is 5.02. The molecular formula is C20H28N2O3. The smallest absolute Gasteiger partial charge is 0.157 e. The standard InChI is InChI=1S/C20H28N2O3/c1-15(23)12-18-13-16-6-4-7-17(14-21)20(16)22(18)9-5-11-25-19-8-2-3-10-24-19/h4,6-7,15,18-19,23H,2-3,5,8-13H2,1H3/t15-,18?,19?/m0/s1. The first-order chi connectivity index (χ1) is 12.2. The molecule has 5 heteroatoms. The minimum Gasteiger partial charge on any atom is -0.393 e. The fraction of sp³-hybridized carbons (Fsp3) is 0.650. The van der Waals surface area contributed by atoms with Crippen molar-refractivity contribution in [2.45, 2.75) is 63.9 Å². The molecule has 136 valence electrons. The van der Waals surface area contributed by atoms with Gasteiger partial charge in [0.05, 0.1) is 24.0 Å². The van der Waals surface area contributed by atoms with Gasteiger partial charge in [-0.15, -0.1) is 0 Å². The molecule has 2 heterocycles. The maximum Gasteiger partial charge on any atom is 0.157 e. The fourth-order valence-electron chi connectivity index (χ4n) is 3.92. The van der Waals surface area contributed by atoms with Gasteiger partial charge in [-0.05, 0) is 57.1 Å². The van der Waals surface area contributed by atoms with Crippen LogP contribution in [-0.2, 0) is 15.9 Å². The summed E-state index contributed by atoms with van der Waals surface area (Å²) < 4.78 is 11.4. The Morgan fingerprint density at radius 3 is 3.04 bits per heavy atom. The third-order valence-corrected chi connectivity index (χ3v) is 5.02. The quantitative estimate of drug-likeness (QED) is 0.770. The predicted molar refractivity (Wildman–Crippen MR) is 96.5 cm³/mol. The molecule has 1 N–H and O–H groups in total. The van der Waals surface area contributed by atoms with E-state index < -0.39 is 0 Å². The third kappa shape index (κ3) is 4.52. The summed E-state index contributed by atoms with van der Waals surface area (Å²) in [4.78, 5) is 2.30. The van der Waals surface area contributed by atoms with Crippen LogP contribution in [0.5, 0.6) is 0 Å². The van der Waals surface area contributed by atoms with E-state index in [1.165, 1.54) is 12.0 Å². The second-order valence-electron chi connectivity index (χ2n) is 7.08. The van der Waals surface area contributed by atoms with Gasteiger partial charge in [0.25, 0.3) is 0 Å². The summed E-state index contributed by atoms with van der Waals surface area (Å²) in [6.45, 7) is 4.12. The first-order valence-electron chi connectivity index (χ1n) is 9.39. The molecule has 0 aliphatic carbocycles. The molecule has 1 aromatic carbocycles. The van der Waals surface area contributed by atoms with E-state index in [0.29, 0.717) is 13.0 Å². The molecule has 25 heavy (non-hydrogen) atoms. The van der Waals surface area contributed by atoms with Crippen LogP contribution in [0.2, 0.25) is 0 Å². The molecule has 0 aromatic heterocycles. The molecule has 0 saturated carbocycles. The van der Waals surface area contributed by atoms with Gasteiger partial charge in [-0.3, -0.25) is 0 Å². The number of aliphatic hydroxyl groups is 1. The van der Waals surface area contributed by atoms with Crippen LogP contribution in [0.1, 0.15) is 50.2 Å². The summed E-state index contributed by atoms with van der Waals surface area (Å²) in [5.74, 6) is 0. The molecule has 2 aliphatic rings. The number of hydrogen-bond acceptors (Lipinski definition) is 5. The van der Waals surface area contributed by atoms with Gasteiger partial charge in [0, 0.05) is 19.2 Å². The summed E-state index contributed by atoms with van der Waals surface area (Å²) in [6.07, 6.45) is 5.37. The molecule has 3 rings (SSSR count). The molecule has 1 aromatic rings. The van der Waals surface area contributed by atoms with E-state index in [-0.39, 0.29) is 18.4 Å². The highest BCUT2D eigenvalue weighted by Gasteiger charge is 2.31. The molecule has 0 radical (unpaired) electrons. The Labute approximate surface area is 150 Å². The van der Waals surface area contributed by atoms with Gasteiger partial charge in [-0.1, -0.05) is 12.1 Å². The molecule has 1 fully saturated rings. The van der Waals surface area contributed by atoms with Crippen molar-refractivity contribution < 1.29 is 14.6 Å². The SMILES string of the molecule is C[C@H](O)CC1Cc2cccc(C#N)c2N1CCCOC1CCCCO1. The zero-order chi connectivity index (χ0) is 17.6. The van der Waals surface area contributed by atoms with Gasteiger partial charge in [0.15, 0.2) is 6.29 Å². The highest BCUT2D eigenvalue weighted by molar-refractivity contribution is 5.68. The van der Waals surface area contributed by atoms with Crippen LogP contribution in [0.15, 0.2) is 18.2 Å². The van der Waals surface area contributed by atoms with Crippen molar-refractivity contribution in [3.63, 3.8) is 0 Å². The summed E-state index contributed by atoms with van der Waals surface area (Å²) >= 11 is 0. The highest BCUT2D eigenvalue weighted by Crippen LogP contribution is 2.36. The molecule has 3 atom stereocenters. The van der Waals surface area contributed by atoms with E-state index in [0.717, 1.165) is 50.1 Å². The number of aliphatic hydroxyl groups excluding tert-OH is 1. The van der Waals surface area contributed by atoms with Crippen LogP contribution in [0.3, 0.4) is 0 Å². The van der Waals surface area contributed by atoms with E-state index in [9.17, 15) is 10.4 Å². The lowest BCUT2D eigenvalue weighted by atomic mass is 10.0. The van der Waals surface area contributed by atoms with Crippen LogP contribution >= 0.6 is 0 Å². The molecule has 2 unspecified atom stereocenters. The van der Waals surface area contributed by atoms with E-state index in [1.807, 2.05) is 19.1 Å². The Morgan fingerprint density at radius 2 is 2.32 bits per heavy atom. The summed E-state index contributed by atoms with van der Waals surface area (Å²) in [5, 5.41) is 19.3. The zero-order valence-corrected chi connectivity index (χ0v) is 15.0. The van der Waals surface area contributed by atoms with Crippen LogP contribution in [0, 0.1) is 11.3 Å². The van der Waals surface area contributed by atoms with Gasteiger partial charge in [-0.2, -0.15) is 5.26 Å². The molecule has 5 nitrogen and oxygen atoms in total. The van der Waals surface area contributed by atoms with Gasteiger partial charge in [0.1, 0.15) is 6.07 Å². The topological polar surface area (TPSA) is 65.7 Å². The average Bonchev–Trinajstić information content (AvgIpc) is 2.96. The molecule has 1 saturated heterocycles. The lowest BCUT2D eigenvalue weighted by Crippen LogP contribution is -2.36. The fourth-order valence-corrected chi connectivity index (χ4v) is 3.92. The summed E-state index contributed by atoms with van der Waals surface area (Å²) in [6, 6.07) is 8.48. The second kappa shape index (κ2) is 8.66. The Hall–Kier alpha value is -1.61. The van der Waals surface area contributed by atoms with Crippen LogP contribution in [0.25, 0.3) is 0 Å². The molecule has 0 spiro atoms. The largest absolute Gasteiger partial charge is 0.393 e. The number of benzene rings is 1. The van der Waals surface area contributed by atoms with Gasteiger partial charge in [0.2, 0.25) is 0 Å². The number of fused-ring (bicyclic) bond motifs is 1. The number of hydrogen-bond donors (Lipinski definition) is 1. The summed E-state index contributed by atoms with van der Waals surface area (Å²) in [7, 11) is 0. The normalized spacial score (nSPS) is 24.0. The van der Waals surface area contributed by atoms with Crippen molar-refractivity contribution in [3.8, 4) is 6.07 Å². The minimum atomic E-state index is -0.348. The van der Waals surface area contributed by atoms with Crippen LogP contribution in [-0.4, -0.2) is 43.3 Å². The minimum absolute atomic E-state index is 0.0532. The average molecular weight is 344 g/mol. The van der Waals surface area contributed by atoms with Crippen molar-refractivity contribution in [1.29, 1.82) is 5.26 Å². The maximum atomic E-state index is 9.84. The van der Waals surface area contributed by atoms with Crippen molar-refractivity contribution in [3.05, 3.63) is 29.3 Å². The second-order valence-corrected chi connectivity index (χ2v) is 7.08. The summed E-state index contributed by atoms with van der Waals surface area (Å²) in [5.41, 5.74) is 2.98. The molecule has 2 aliphatic heterocycles. The van der Waals surface area contributed by atoms with Crippen LogP contribution in [0.4, 0.5) is 5.69 Å². The number of nitriles is 1. The molecule has 0 amide bonds. The highest BCUT2D eigenvalue weighted by atomic mass is 16.7. The first kappa shape index (κ1) is 18.2.